The molecular formula is C15H22N4OS. The van der Waals surface area contributed by atoms with Crippen molar-refractivity contribution < 1.29 is 0 Å². The highest BCUT2D eigenvalue weighted by Gasteiger charge is 2.13. The highest BCUT2D eigenvalue weighted by atomic mass is 32.1. The average molecular weight is 306 g/mol. The first-order valence-electron chi connectivity index (χ1n) is 7.54. The molecule has 6 heteroatoms. The Morgan fingerprint density at radius 1 is 1.24 bits per heavy atom. The second-order valence-corrected chi connectivity index (χ2v) is 5.52. The largest absolute Gasteiger partial charge is 0.315 e. The van der Waals surface area contributed by atoms with Gasteiger partial charge in [-0.3, -0.25) is 9.89 Å². The molecule has 2 aromatic heterocycles. The first-order valence-corrected chi connectivity index (χ1v) is 7.94. The van der Waals surface area contributed by atoms with E-state index in [-0.39, 0.29) is 5.56 Å². The number of H-pyrrole nitrogens is 1. The molecule has 0 saturated carbocycles. The number of pyridine rings is 1. The van der Waals surface area contributed by atoms with E-state index in [0.717, 1.165) is 38.8 Å². The molecular weight excluding hydrogens is 284 g/mol. The van der Waals surface area contributed by atoms with E-state index >= 15 is 0 Å². The summed E-state index contributed by atoms with van der Waals surface area (Å²) in [6, 6.07) is 3.71. The van der Waals surface area contributed by atoms with Crippen LogP contribution in [0, 0.1) is 4.77 Å². The van der Waals surface area contributed by atoms with E-state index in [4.69, 9.17) is 12.2 Å². The normalized spacial score (nSPS) is 11.0. The Morgan fingerprint density at radius 2 is 2.05 bits per heavy atom. The number of rotatable bonds is 7. The zero-order valence-electron chi connectivity index (χ0n) is 12.6. The lowest BCUT2D eigenvalue weighted by Crippen LogP contribution is -2.22. The number of hydrogen-bond acceptors (Lipinski definition) is 3. The number of nitrogens with zero attached hydrogens (tertiary/aromatic N) is 3. The minimum absolute atomic E-state index is 0.0000406. The fourth-order valence-corrected chi connectivity index (χ4v) is 2.59. The Balaban J connectivity index is 2.39. The van der Waals surface area contributed by atoms with Gasteiger partial charge in [0, 0.05) is 19.3 Å². The van der Waals surface area contributed by atoms with E-state index < -0.39 is 0 Å². The minimum atomic E-state index is -0.0000406. The topological polar surface area (TPSA) is 55.6 Å². The van der Waals surface area contributed by atoms with E-state index in [9.17, 15) is 4.79 Å². The number of hydrogen-bond donors (Lipinski definition) is 1. The summed E-state index contributed by atoms with van der Waals surface area (Å²) in [5, 5.41) is 7.02. The lowest BCUT2D eigenvalue weighted by atomic mass is 10.2. The molecule has 2 rings (SSSR count). The smallest absolute Gasteiger partial charge is 0.261 e. The first kappa shape index (κ1) is 15.7. The van der Waals surface area contributed by atoms with Crippen LogP contribution in [0.1, 0.15) is 39.5 Å². The van der Waals surface area contributed by atoms with Gasteiger partial charge in [-0.25, -0.2) is 0 Å². The first-order chi connectivity index (χ1) is 10.2. The molecule has 2 aromatic rings. The molecule has 0 spiro atoms. The molecule has 0 unspecified atom stereocenters. The van der Waals surface area contributed by atoms with Gasteiger partial charge in [-0.2, -0.15) is 5.10 Å². The zero-order valence-corrected chi connectivity index (χ0v) is 13.4. The quantitative estimate of drug-likeness (QED) is 0.630. The van der Waals surface area contributed by atoms with Crippen LogP contribution in [0.4, 0.5) is 0 Å². The molecule has 0 fully saturated rings. The Morgan fingerprint density at radius 3 is 2.76 bits per heavy atom. The fraction of sp³-hybridized carbons (Fsp3) is 0.533. The van der Waals surface area contributed by atoms with Crippen molar-refractivity contribution >= 4 is 12.2 Å². The van der Waals surface area contributed by atoms with E-state index in [1.165, 1.54) is 0 Å². The second kappa shape index (κ2) is 7.36. The summed E-state index contributed by atoms with van der Waals surface area (Å²) >= 11 is 5.24. The standard InChI is InChI=1S/C15H22N4OS/c1-3-5-6-10-18-11-7-8-12(14(18)20)13-16-17-15(21)19(13)9-4-2/h7-8,11H,3-6,9-10H2,1-2H3,(H,17,21). The molecule has 1 N–H and O–H groups in total. The predicted molar refractivity (Wildman–Crippen MR) is 86.9 cm³/mol. The van der Waals surface area contributed by atoms with Gasteiger partial charge in [0.15, 0.2) is 10.6 Å². The van der Waals surface area contributed by atoms with Crippen LogP contribution >= 0.6 is 12.2 Å². The van der Waals surface area contributed by atoms with E-state index in [2.05, 4.69) is 24.0 Å². The van der Waals surface area contributed by atoms with Gasteiger partial charge < -0.3 is 9.13 Å². The third-order valence-corrected chi connectivity index (χ3v) is 3.78. The number of aromatic nitrogens is 4. The Kier molecular flexibility index (Phi) is 5.50. The fourth-order valence-electron chi connectivity index (χ4n) is 2.37. The number of unbranched alkanes of at least 4 members (excludes halogenated alkanes) is 2. The third-order valence-electron chi connectivity index (χ3n) is 3.47. The maximum absolute atomic E-state index is 12.6. The predicted octanol–water partition coefficient (Wildman–Crippen LogP) is 3.37. The lowest BCUT2D eigenvalue weighted by Gasteiger charge is -2.08. The van der Waals surface area contributed by atoms with Crippen LogP contribution < -0.4 is 5.56 Å². The van der Waals surface area contributed by atoms with Crippen LogP contribution in [0.2, 0.25) is 0 Å². The number of nitrogens with one attached hydrogen (secondary N) is 1. The van der Waals surface area contributed by atoms with Crippen LogP contribution in [0.25, 0.3) is 11.4 Å². The molecule has 0 atom stereocenters. The van der Waals surface area contributed by atoms with Crippen molar-refractivity contribution in [2.24, 2.45) is 0 Å². The van der Waals surface area contributed by atoms with E-state index in [1.807, 2.05) is 22.9 Å². The molecule has 0 aliphatic heterocycles. The molecule has 114 valence electrons. The SMILES string of the molecule is CCCCCn1cccc(-c2n[nH]c(=S)n2CCC)c1=O. The van der Waals surface area contributed by atoms with Gasteiger partial charge in [-0.05, 0) is 37.2 Å². The molecule has 0 aliphatic carbocycles. The molecule has 0 saturated heterocycles. The van der Waals surface area contributed by atoms with Crippen molar-refractivity contribution in [2.45, 2.75) is 52.6 Å². The van der Waals surface area contributed by atoms with Crippen molar-refractivity contribution in [1.29, 1.82) is 0 Å². The summed E-state index contributed by atoms with van der Waals surface area (Å²) in [6.07, 6.45) is 6.07. The van der Waals surface area contributed by atoms with Crippen LogP contribution in [-0.4, -0.2) is 19.3 Å². The summed E-state index contributed by atoms with van der Waals surface area (Å²) in [5.74, 6) is 0.636. The van der Waals surface area contributed by atoms with Gasteiger partial charge >= 0.3 is 0 Å². The molecule has 2 heterocycles. The summed E-state index contributed by atoms with van der Waals surface area (Å²) in [5.41, 5.74) is 0.606. The van der Waals surface area contributed by atoms with Gasteiger partial charge in [0.2, 0.25) is 0 Å². The lowest BCUT2D eigenvalue weighted by molar-refractivity contribution is 0.587. The van der Waals surface area contributed by atoms with Gasteiger partial charge in [0.25, 0.3) is 5.56 Å². The number of aryl methyl sites for hydroxylation is 1. The van der Waals surface area contributed by atoms with Crippen molar-refractivity contribution in [1.82, 2.24) is 19.3 Å². The summed E-state index contributed by atoms with van der Waals surface area (Å²) in [6.45, 7) is 5.74. The molecule has 0 aliphatic rings. The molecule has 0 amide bonds. The molecule has 21 heavy (non-hydrogen) atoms. The van der Waals surface area contributed by atoms with Crippen LogP contribution in [0.5, 0.6) is 0 Å². The van der Waals surface area contributed by atoms with Gasteiger partial charge in [0.1, 0.15) is 0 Å². The minimum Gasteiger partial charge on any atom is -0.315 e. The van der Waals surface area contributed by atoms with Crippen LogP contribution in [0.15, 0.2) is 23.1 Å². The maximum Gasteiger partial charge on any atom is 0.261 e. The van der Waals surface area contributed by atoms with Gasteiger partial charge in [-0.1, -0.05) is 26.7 Å². The molecule has 0 aromatic carbocycles. The molecule has 0 bridgehead atoms. The highest BCUT2D eigenvalue weighted by molar-refractivity contribution is 7.71. The second-order valence-electron chi connectivity index (χ2n) is 5.13. The molecule has 0 radical (unpaired) electrons. The summed E-state index contributed by atoms with van der Waals surface area (Å²) < 4.78 is 4.22. The van der Waals surface area contributed by atoms with E-state index in [0.29, 0.717) is 16.2 Å². The van der Waals surface area contributed by atoms with Crippen molar-refractivity contribution in [3.05, 3.63) is 33.5 Å². The van der Waals surface area contributed by atoms with Crippen LogP contribution in [0.3, 0.4) is 0 Å². The Bertz CT molecular complexity index is 698. The van der Waals surface area contributed by atoms with Crippen molar-refractivity contribution in [2.75, 3.05) is 0 Å². The van der Waals surface area contributed by atoms with Crippen molar-refractivity contribution in [3.8, 4) is 11.4 Å². The zero-order chi connectivity index (χ0) is 15.2. The molecule has 5 nitrogen and oxygen atoms in total. The Hall–Kier alpha value is -1.69. The van der Waals surface area contributed by atoms with Gasteiger partial charge in [-0.15, -0.1) is 0 Å². The summed E-state index contributed by atoms with van der Waals surface area (Å²) in [7, 11) is 0. The Labute approximate surface area is 129 Å². The van der Waals surface area contributed by atoms with Gasteiger partial charge in [0.05, 0.1) is 5.56 Å². The number of aromatic amines is 1. The monoisotopic (exact) mass is 306 g/mol. The summed E-state index contributed by atoms with van der Waals surface area (Å²) in [4.78, 5) is 12.6. The average Bonchev–Trinajstić information content (AvgIpc) is 2.83. The maximum atomic E-state index is 12.6. The highest BCUT2D eigenvalue weighted by Crippen LogP contribution is 2.13. The van der Waals surface area contributed by atoms with Crippen LogP contribution in [-0.2, 0) is 13.1 Å². The van der Waals surface area contributed by atoms with E-state index in [1.54, 1.807) is 4.57 Å². The third kappa shape index (κ3) is 3.50. The van der Waals surface area contributed by atoms with Crippen molar-refractivity contribution in [3.63, 3.8) is 0 Å².